The first-order valence-electron chi connectivity index (χ1n) is 9.78. The summed E-state index contributed by atoms with van der Waals surface area (Å²) in [4.78, 5) is 2.21. The Morgan fingerprint density at radius 1 is 0.677 bits per heavy atom. The van der Waals surface area contributed by atoms with Crippen molar-refractivity contribution in [2.75, 3.05) is 4.90 Å². The highest BCUT2D eigenvalue weighted by molar-refractivity contribution is 9.10. The number of rotatable bonds is 4. The van der Waals surface area contributed by atoms with Gasteiger partial charge < -0.3 is 0 Å². The van der Waals surface area contributed by atoms with Crippen LogP contribution in [0.1, 0.15) is 0 Å². The fraction of sp³-hybridized carbons (Fsp3) is 0. The topological polar surface area (TPSA) is 8.17 Å². The van der Waals surface area contributed by atoms with Crippen LogP contribution in [0, 0.1) is 0 Å². The quantitative estimate of drug-likeness (QED) is 0.235. The Hall–Kier alpha value is -2.72. The number of benzene rings is 4. The third kappa shape index (κ3) is 3.85. The average Bonchev–Trinajstić information content (AvgIpc) is 3.15. The van der Waals surface area contributed by atoms with Crippen molar-refractivity contribution in [3.05, 3.63) is 118 Å². The van der Waals surface area contributed by atoms with E-state index in [0.717, 1.165) is 38.3 Å². The molecular formula is C26H17BrCl2N2. The summed E-state index contributed by atoms with van der Waals surface area (Å²) in [5.74, 6) is 0.984. The highest BCUT2D eigenvalue weighted by Crippen LogP contribution is 2.43. The molecule has 31 heavy (non-hydrogen) atoms. The van der Waals surface area contributed by atoms with E-state index in [1.165, 1.54) is 0 Å². The van der Waals surface area contributed by atoms with E-state index in [0.29, 0.717) is 10.0 Å². The second-order valence-corrected chi connectivity index (χ2v) is 8.87. The van der Waals surface area contributed by atoms with Gasteiger partial charge >= 0.3 is 0 Å². The molecule has 0 amide bonds. The fourth-order valence-corrected chi connectivity index (χ4v) is 4.56. The molecule has 0 aliphatic heterocycles. The van der Waals surface area contributed by atoms with Gasteiger partial charge in [-0.15, -0.1) is 0 Å². The zero-order valence-electron chi connectivity index (χ0n) is 16.3. The van der Waals surface area contributed by atoms with Crippen molar-refractivity contribution < 1.29 is 0 Å². The van der Waals surface area contributed by atoms with Gasteiger partial charge in [-0.05, 0) is 76.6 Å². The minimum Gasteiger partial charge on any atom is -0.295 e. The normalized spacial score (nSPS) is 11.1. The number of aromatic nitrogens is 1. The lowest BCUT2D eigenvalue weighted by Crippen LogP contribution is -2.14. The third-order valence-electron chi connectivity index (χ3n) is 5.15. The van der Waals surface area contributed by atoms with Crippen molar-refractivity contribution in [3.63, 3.8) is 0 Å². The number of halogens is 3. The molecule has 1 heterocycles. The first kappa shape index (κ1) is 20.2. The molecule has 152 valence electrons. The second kappa shape index (κ2) is 8.43. The van der Waals surface area contributed by atoms with Crippen molar-refractivity contribution in [2.45, 2.75) is 0 Å². The Morgan fingerprint density at radius 3 is 2.06 bits per heavy atom. The van der Waals surface area contributed by atoms with Crippen molar-refractivity contribution in [2.24, 2.45) is 0 Å². The summed E-state index contributed by atoms with van der Waals surface area (Å²) in [6.07, 6.45) is 0. The van der Waals surface area contributed by atoms with Crippen LogP contribution in [0.5, 0.6) is 0 Å². The molecule has 5 rings (SSSR count). The monoisotopic (exact) mass is 506 g/mol. The molecule has 0 saturated heterocycles. The predicted octanol–water partition coefficient (Wildman–Crippen LogP) is 9.17. The van der Waals surface area contributed by atoms with Crippen molar-refractivity contribution in [1.82, 2.24) is 4.57 Å². The molecule has 0 aliphatic carbocycles. The molecule has 0 unspecified atom stereocenters. The minimum absolute atomic E-state index is 0.671. The van der Waals surface area contributed by atoms with Gasteiger partial charge in [0.05, 0.1) is 11.2 Å². The maximum atomic E-state index is 6.42. The van der Waals surface area contributed by atoms with Gasteiger partial charge in [-0.25, -0.2) is 0 Å². The van der Waals surface area contributed by atoms with E-state index in [1.54, 1.807) is 0 Å². The number of anilines is 3. The molecule has 2 nitrogen and oxygen atoms in total. The summed E-state index contributed by atoms with van der Waals surface area (Å²) in [6.45, 7) is 0. The van der Waals surface area contributed by atoms with Gasteiger partial charge in [-0.3, -0.25) is 9.47 Å². The number of fused-ring (bicyclic) bond motifs is 1. The standard InChI is InChI=1S/C26H17BrCl2N2/c27-23-14-13-20(29)17-25(23)31(22-9-5-2-6-10-22)26-15-18-11-12-19(28)16-24(18)30(26)21-7-3-1-4-8-21/h1-17H. The molecule has 0 saturated carbocycles. The third-order valence-corrected chi connectivity index (χ3v) is 6.29. The zero-order valence-corrected chi connectivity index (χ0v) is 19.4. The lowest BCUT2D eigenvalue weighted by Gasteiger charge is -2.28. The molecular weight excluding hydrogens is 491 g/mol. The number of para-hydroxylation sites is 2. The van der Waals surface area contributed by atoms with Crippen LogP contribution in [-0.4, -0.2) is 4.57 Å². The van der Waals surface area contributed by atoms with Crippen LogP contribution in [0.15, 0.2) is 108 Å². The Balaban J connectivity index is 1.87. The van der Waals surface area contributed by atoms with Crippen molar-refractivity contribution in [3.8, 4) is 5.69 Å². The van der Waals surface area contributed by atoms with E-state index >= 15 is 0 Å². The van der Waals surface area contributed by atoms with Crippen LogP contribution in [0.4, 0.5) is 17.2 Å². The molecule has 4 aromatic carbocycles. The molecule has 0 radical (unpaired) electrons. The van der Waals surface area contributed by atoms with E-state index in [-0.39, 0.29) is 0 Å². The molecule has 0 fully saturated rings. The molecule has 1 aromatic heterocycles. The minimum atomic E-state index is 0.671. The van der Waals surface area contributed by atoms with Crippen LogP contribution < -0.4 is 4.90 Å². The summed E-state index contributed by atoms with van der Waals surface area (Å²) >= 11 is 16.5. The van der Waals surface area contributed by atoms with Crippen molar-refractivity contribution >= 4 is 67.2 Å². The summed E-state index contributed by atoms with van der Waals surface area (Å²) < 4.78 is 3.17. The molecule has 0 bridgehead atoms. The van der Waals surface area contributed by atoms with Gasteiger partial charge in [0.15, 0.2) is 0 Å². The fourth-order valence-electron chi connectivity index (χ4n) is 3.80. The van der Waals surface area contributed by atoms with E-state index in [2.05, 4.69) is 61.8 Å². The Kier molecular flexibility index (Phi) is 5.49. The largest absolute Gasteiger partial charge is 0.295 e. The van der Waals surface area contributed by atoms with E-state index in [4.69, 9.17) is 23.2 Å². The lowest BCUT2D eigenvalue weighted by molar-refractivity contribution is 1.07. The summed E-state index contributed by atoms with van der Waals surface area (Å²) in [6, 6.07) is 34.5. The molecule has 5 heteroatoms. The van der Waals surface area contributed by atoms with Crippen molar-refractivity contribution in [1.29, 1.82) is 0 Å². The summed E-state index contributed by atoms with van der Waals surface area (Å²) in [7, 11) is 0. The van der Waals surface area contributed by atoms with Gasteiger partial charge in [0, 0.05) is 31.3 Å². The highest BCUT2D eigenvalue weighted by atomic mass is 79.9. The maximum Gasteiger partial charge on any atom is 0.123 e. The van der Waals surface area contributed by atoms with Crippen LogP contribution >= 0.6 is 39.1 Å². The summed E-state index contributed by atoms with van der Waals surface area (Å²) in [5.41, 5.74) is 4.06. The van der Waals surface area contributed by atoms with E-state index < -0.39 is 0 Å². The van der Waals surface area contributed by atoms with Gasteiger partial charge in [-0.2, -0.15) is 0 Å². The van der Waals surface area contributed by atoms with Crippen LogP contribution in [0.25, 0.3) is 16.6 Å². The molecule has 0 spiro atoms. The van der Waals surface area contributed by atoms with Gasteiger partial charge in [0.2, 0.25) is 0 Å². The van der Waals surface area contributed by atoms with Crippen LogP contribution in [0.2, 0.25) is 10.0 Å². The Bertz CT molecular complexity index is 1360. The summed E-state index contributed by atoms with van der Waals surface area (Å²) in [5, 5.41) is 2.47. The van der Waals surface area contributed by atoms with E-state index in [9.17, 15) is 0 Å². The van der Waals surface area contributed by atoms with Crippen LogP contribution in [0.3, 0.4) is 0 Å². The maximum absolute atomic E-state index is 6.42. The predicted molar refractivity (Wildman–Crippen MR) is 136 cm³/mol. The number of hydrogen-bond acceptors (Lipinski definition) is 1. The lowest BCUT2D eigenvalue weighted by atomic mass is 10.2. The van der Waals surface area contributed by atoms with Gasteiger partial charge in [0.25, 0.3) is 0 Å². The first-order valence-corrected chi connectivity index (χ1v) is 11.3. The van der Waals surface area contributed by atoms with Crippen LogP contribution in [-0.2, 0) is 0 Å². The van der Waals surface area contributed by atoms with Gasteiger partial charge in [0.1, 0.15) is 5.82 Å². The second-order valence-electron chi connectivity index (χ2n) is 7.14. The molecule has 5 aromatic rings. The van der Waals surface area contributed by atoms with E-state index in [1.807, 2.05) is 66.7 Å². The Morgan fingerprint density at radius 2 is 1.32 bits per heavy atom. The number of hydrogen-bond donors (Lipinski definition) is 0. The number of nitrogens with zero attached hydrogens (tertiary/aromatic N) is 2. The van der Waals surface area contributed by atoms with Gasteiger partial charge in [-0.1, -0.05) is 65.7 Å². The zero-order chi connectivity index (χ0) is 21.4. The highest BCUT2D eigenvalue weighted by Gasteiger charge is 2.22. The molecule has 0 atom stereocenters. The smallest absolute Gasteiger partial charge is 0.123 e. The Labute approximate surface area is 199 Å². The SMILES string of the molecule is Clc1ccc(Br)c(N(c2ccccc2)c2cc3ccc(Cl)cc3n2-c2ccccc2)c1. The first-order chi connectivity index (χ1) is 15.1. The average molecular weight is 508 g/mol. The molecule has 0 aliphatic rings. The molecule has 0 N–H and O–H groups in total.